The van der Waals surface area contributed by atoms with Crippen molar-refractivity contribution in [2.24, 2.45) is 0 Å². The first kappa shape index (κ1) is 18.7. The van der Waals surface area contributed by atoms with Crippen LogP contribution in [0, 0.1) is 0 Å². The Labute approximate surface area is 169 Å². The first-order chi connectivity index (χ1) is 13.7. The summed E-state index contributed by atoms with van der Waals surface area (Å²) in [4.78, 5) is 16.9. The number of hydrogen-bond acceptors (Lipinski definition) is 3. The SMILES string of the molecule is CCOc1cc2c(cc1OC)CCN(C=O)[C@H]2Cc1c[nH]c2c(Cl)cccc12. The molecule has 0 saturated carbocycles. The largest absolute Gasteiger partial charge is 0.493 e. The summed E-state index contributed by atoms with van der Waals surface area (Å²) in [6.07, 6.45) is 4.43. The first-order valence-electron chi connectivity index (χ1n) is 9.45. The van der Waals surface area contributed by atoms with E-state index in [4.69, 9.17) is 21.1 Å². The quantitative estimate of drug-likeness (QED) is 0.621. The first-order valence-corrected chi connectivity index (χ1v) is 9.83. The van der Waals surface area contributed by atoms with Gasteiger partial charge in [0.15, 0.2) is 11.5 Å². The van der Waals surface area contributed by atoms with Crippen molar-refractivity contribution < 1.29 is 14.3 Å². The van der Waals surface area contributed by atoms with Gasteiger partial charge in [-0.1, -0.05) is 23.7 Å². The van der Waals surface area contributed by atoms with Crippen molar-refractivity contribution in [3.63, 3.8) is 0 Å². The molecule has 0 saturated heterocycles. The number of carbonyl (C=O) groups excluding carboxylic acids is 1. The lowest BCUT2D eigenvalue weighted by Crippen LogP contribution is -2.35. The van der Waals surface area contributed by atoms with Crippen molar-refractivity contribution >= 4 is 28.9 Å². The lowest BCUT2D eigenvalue weighted by molar-refractivity contribution is -0.120. The van der Waals surface area contributed by atoms with Gasteiger partial charge < -0.3 is 19.4 Å². The Kier molecular flexibility index (Phi) is 5.18. The van der Waals surface area contributed by atoms with Crippen molar-refractivity contribution in [3.05, 3.63) is 58.2 Å². The van der Waals surface area contributed by atoms with E-state index in [0.717, 1.165) is 40.6 Å². The minimum atomic E-state index is -0.0654. The molecule has 146 valence electrons. The van der Waals surface area contributed by atoms with Crippen LogP contribution in [0.5, 0.6) is 11.5 Å². The number of hydrogen-bond donors (Lipinski definition) is 1. The van der Waals surface area contributed by atoms with Gasteiger partial charge in [-0.2, -0.15) is 0 Å². The number of nitrogens with zero attached hydrogens (tertiary/aromatic N) is 1. The average molecular weight is 399 g/mol. The minimum absolute atomic E-state index is 0.0654. The lowest BCUT2D eigenvalue weighted by atomic mass is 9.88. The Balaban J connectivity index is 1.78. The number of rotatable bonds is 6. The number of H-pyrrole nitrogens is 1. The summed E-state index contributed by atoms with van der Waals surface area (Å²) in [7, 11) is 1.65. The molecule has 0 radical (unpaired) electrons. The fourth-order valence-corrected chi connectivity index (χ4v) is 4.29. The number of amides is 1. The summed E-state index contributed by atoms with van der Waals surface area (Å²) < 4.78 is 11.3. The van der Waals surface area contributed by atoms with E-state index < -0.39 is 0 Å². The fraction of sp³-hybridized carbons (Fsp3) is 0.318. The molecule has 1 aromatic heterocycles. The lowest BCUT2D eigenvalue weighted by Gasteiger charge is -2.35. The number of nitrogens with one attached hydrogen (secondary N) is 1. The predicted octanol–water partition coefficient (Wildman–Crippen LogP) is 4.53. The van der Waals surface area contributed by atoms with E-state index in [2.05, 4.69) is 11.1 Å². The van der Waals surface area contributed by atoms with Crippen LogP contribution in [-0.4, -0.2) is 36.6 Å². The number of fused-ring (bicyclic) bond motifs is 2. The molecule has 0 fully saturated rings. The number of methoxy groups -OCH3 is 1. The van der Waals surface area contributed by atoms with Gasteiger partial charge in [-0.25, -0.2) is 0 Å². The van der Waals surface area contributed by atoms with Crippen LogP contribution in [-0.2, 0) is 17.6 Å². The number of carbonyl (C=O) groups is 1. The molecule has 6 heteroatoms. The van der Waals surface area contributed by atoms with Gasteiger partial charge in [0.1, 0.15) is 0 Å². The Bertz CT molecular complexity index is 1010. The third kappa shape index (κ3) is 3.20. The van der Waals surface area contributed by atoms with Gasteiger partial charge in [0.05, 0.1) is 30.3 Å². The van der Waals surface area contributed by atoms with Gasteiger partial charge in [-0.3, -0.25) is 4.79 Å². The zero-order valence-electron chi connectivity index (χ0n) is 16.0. The monoisotopic (exact) mass is 398 g/mol. The van der Waals surface area contributed by atoms with E-state index in [1.165, 1.54) is 5.56 Å². The number of benzene rings is 2. The highest BCUT2D eigenvalue weighted by molar-refractivity contribution is 6.35. The summed E-state index contributed by atoms with van der Waals surface area (Å²) in [6.45, 7) is 3.18. The highest BCUT2D eigenvalue weighted by atomic mass is 35.5. The van der Waals surface area contributed by atoms with Crippen molar-refractivity contribution in [2.45, 2.75) is 25.8 Å². The van der Waals surface area contributed by atoms with Gasteiger partial charge in [0.25, 0.3) is 0 Å². The van der Waals surface area contributed by atoms with Crippen LogP contribution in [0.25, 0.3) is 10.9 Å². The number of ether oxygens (including phenoxy) is 2. The van der Waals surface area contributed by atoms with Gasteiger partial charge in [-0.15, -0.1) is 0 Å². The molecule has 3 aromatic rings. The van der Waals surface area contributed by atoms with E-state index in [1.54, 1.807) is 7.11 Å². The molecule has 4 rings (SSSR count). The molecular weight excluding hydrogens is 376 g/mol. The van der Waals surface area contributed by atoms with E-state index in [0.29, 0.717) is 30.3 Å². The highest BCUT2D eigenvalue weighted by Crippen LogP contribution is 2.40. The minimum Gasteiger partial charge on any atom is -0.493 e. The van der Waals surface area contributed by atoms with E-state index in [-0.39, 0.29) is 6.04 Å². The van der Waals surface area contributed by atoms with Crippen LogP contribution in [0.3, 0.4) is 0 Å². The van der Waals surface area contributed by atoms with Gasteiger partial charge in [-0.05, 0) is 54.7 Å². The number of aromatic amines is 1. The van der Waals surface area contributed by atoms with Crippen LogP contribution in [0.15, 0.2) is 36.5 Å². The third-order valence-electron chi connectivity index (χ3n) is 5.42. The molecule has 1 aliphatic rings. The molecule has 5 nitrogen and oxygen atoms in total. The van der Waals surface area contributed by atoms with Crippen LogP contribution in [0.4, 0.5) is 0 Å². The van der Waals surface area contributed by atoms with Crippen molar-refractivity contribution in [2.75, 3.05) is 20.3 Å². The Morgan fingerprint density at radius 2 is 2.18 bits per heavy atom. The third-order valence-corrected chi connectivity index (χ3v) is 5.74. The molecule has 1 atom stereocenters. The van der Waals surface area contributed by atoms with Crippen LogP contribution >= 0.6 is 11.6 Å². The smallest absolute Gasteiger partial charge is 0.210 e. The molecule has 1 N–H and O–H groups in total. The number of aromatic nitrogens is 1. The van der Waals surface area contributed by atoms with Crippen molar-refractivity contribution in [3.8, 4) is 11.5 Å². The zero-order valence-corrected chi connectivity index (χ0v) is 16.8. The summed E-state index contributed by atoms with van der Waals surface area (Å²) in [6, 6.07) is 9.89. The molecular formula is C22H23ClN2O3. The molecule has 0 aliphatic carbocycles. The Morgan fingerprint density at radius 1 is 1.32 bits per heavy atom. The summed E-state index contributed by atoms with van der Waals surface area (Å²) in [5, 5.41) is 1.78. The van der Waals surface area contributed by atoms with Gasteiger partial charge >= 0.3 is 0 Å². The molecule has 0 bridgehead atoms. The Morgan fingerprint density at radius 3 is 2.93 bits per heavy atom. The van der Waals surface area contributed by atoms with Gasteiger partial charge in [0.2, 0.25) is 6.41 Å². The van der Waals surface area contributed by atoms with Gasteiger partial charge in [0, 0.05) is 18.1 Å². The zero-order chi connectivity index (χ0) is 19.7. The van der Waals surface area contributed by atoms with Crippen molar-refractivity contribution in [1.82, 2.24) is 9.88 Å². The number of halogens is 1. The fourth-order valence-electron chi connectivity index (χ4n) is 4.06. The van der Waals surface area contributed by atoms with E-state index in [9.17, 15) is 4.79 Å². The maximum absolute atomic E-state index is 11.8. The summed E-state index contributed by atoms with van der Waals surface area (Å²) in [5.74, 6) is 1.45. The predicted molar refractivity (Wildman–Crippen MR) is 110 cm³/mol. The summed E-state index contributed by atoms with van der Waals surface area (Å²) in [5.41, 5.74) is 4.37. The Hall–Kier alpha value is -2.66. The van der Waals surface area contributed by atoms with E-state index >= 15 is 0 Å². The maximum Gasteiger partial charge on any atom is 0.210 e. The van der Waals surface area contributed by atoms with Crippen molar-refractivity contribution in [1.29, 1.82) is 0 Å². The molecule has 28 heavy (non-hydrogen) atoms. The van der Waals surface area contributed by atoms with Crippen LogP contribution < -0.4 is 9.47 Å². The standard InChI is InChI=1S/C22H23ClN2O3/c1-3-28-21-11-17-14(10-20(21)27-2)7-8-25(13-26)19(17)9-15-12-24-22-16(15)5-4-6-18(22)23/h4-6,10-13,19,24H,3,7-9H2,1-2H3/t19-/m0/s1. The van der Waals surface area contributed by atoms with Crippen LogP contribution in [0.2, 0.25) is 5.02 Å². The summed E-state index contributed by atoms with van der Waals surface area (Å²) >= 11 is 6.31. The topological polar surface area (TPSA) is 54.6 Å². The van der Waals surface area contributed by atoms with Crippen LogP contribution in [0.1, 0.15) is 29.7 Å². The number of para-hydroxylation sites is 1. The molecule has 1 amide bonds. The second kappa shape index (κ2) is 7.76. The molecule has 2 heterocycles. The molecule has 0 spiro atoms. The molecule has 2 aromatic carbocycles. The van der Waals surface area contributed by atoms with E-state index in [1.807, 2.05) is 42.3 Å². The normalized spacial score (nSPS) is 16.1. The molecule has 0 unspecified atom stereocenters. The second-order valence-corrected chi connectivity index (χ2v) is 7.33. The maximum atomic E-state index is 11.8. The highest BCUT2D eigenvalue weighted by Gasteiger charge is 2.29. The average Bonchev–Trinajstić information content (AvgIpc) is 3.12. The molecule has 1 aliphatic heterocycles. The second-order valence-electron chi connectivity index (χ2n) is 6.92.